The van der Waals surface area contributed by atoms with Crippen molar-refractivity contribution in [1.29, 1.82) is 0 Å². The minimum absolute atomic E-state index is 0.0324. The zero-order valence-corrected chi connectivity index (χ0v) is 24.8. The number of primary amides is 1. The van der Waals surface area contributed by atoms with Crippen LogP contribution in [0.3, 0.4) is 0 Å². The van der Waals surface area contributed by atoms with Crippen LogP contribution in [-0.2, 0) is 16.0 Å². The molecular formula is C30H48N4O6. The van der Waals surface area contributed by atoms with Gasteiger partial charge in [-0.3, -0.25) is 14.4 Å². The smallest absolute Gasteiger partial charge is 0.224 e. The van der Waals surface area contributed by atoms with E-state index in [-0.39, 0.29) is 54.0 Å². The number of nitrogens with zero attached hydrogens (tertiary/aromatic N) is 1. The molecule has 0 saturated carbocycles. The monoisotopic (exact) mass is 560 g/mol. The number of nitrogens with one attached hydrogen (secondary N) is 2. The number of hydrogen-bond acceptors (Lipinski definition) is 9. The molecule has 1 aliphatic heterocycles. The number of aliphatic hydroxyl groups excluding tert-OH is 2. The van der Waals surface area contributed by atoms with E-state index in [1.165, 1.54) is 0 Å². The Bertz CT molecular complexity index is 1100. The highest BCUT2D eigenvalue weighted by atomic mass is 16.3. The lowest BCUT2D eigenvalue weighted by molar-refractivity contribution is -0.131. The van der Waals surface area contributed by atoms with Crippen molar-refractivity contribution >= 4 is 28.8 Å². The molecule has 10 nitrogen and oxygen atoms in total. The molecule has 1 fully saturated rings. The van der Waals surface area contributed by atoms with Gasteiger partial charge in [0.2, 0.25) is 5.91 Å². The molecular weight excluding hydrogens is 512 g/mol. The molecule has 1 amide bonds. The van der Waals surface area contributed by atoms with Crippen molar-refractivity contribution in [2.75, 3.05) is 37.5 Å². The predicted molar refractivity (Wildman–Crippen MR) is 156 cm³/mol. The fourth-order valence-electron chi connectivity index (χ4n) is 7.14. The van der Waals surface area contributed by atoms with E-state index in [4.69, 9.17) is 5.73 Å². The summed E-state index contributed by atoms with van der Waals surface area (Å²) >= 11 is 0. The zero-order chi connectivity index (χ0) is 30.0. The van der Waals surface area contributed by atoms with Crippen LogP contribution in [0.2, 0.25) is 0 Å². The third-order valence-electron chi connectivity index (χ3n) is 8.33. The molecule has 3 rings (SSSR count). The zero-order valence-electron chi connectivity index (χ0n) is 24.8. The molecule has 1 aromatic carbocycles. The largest absolute Gasteiger partial charge is 0.505 e. The Morgan fingerprint density at radius 3 is 2.30 bits per heavy atom. The van der Waals surface area contributed by atoms with Gasteiger partial charge in [-0.15, -0.1) is 0 Å². The average Bonchev–Trinajstić information content (AvgIpc) is 2.78. The average molecular weight is 561 g/mol. The maximum absolute atomic E-state index is 13.6. The number of carbonyl (C=O) groups is 3. The Labute approximate surface area is 237 Å². The van der Waals surface area contributed by atoms with Crippen LogP contribution in [0, 0.1) is 17.8 Å². The molecule has 0 bridgehead atoms. The van der Waals surface area contributed by atoms with Crippen LogP contribution in [0.15, 0.2) is 6.07 Å². The third-order valence-corrected chi connectivity index (χ3v) is 8.33. The number of piperidine rings is 1. The van der Waals surface area contributed by atoms with Crippen LogP contribution in [0.25, 0.3) is 0 Å². The number of hydrogen-bond donors (Lipinski definition) is 6. The Kier molecular flexibility index (Phi) is 9.91. The number of carbonyl (C=O) groups excluding carboxylic acids is 3. The van der Waals surface area contributed by atoms with Crippen LogP contribution in [0.1, 0.15) is 82.1 Å². The highest BCUT2D eigenvalue weighted by molar-refractivity contribution is 6.04. The van der Waals surface area contributed by atoms with Crippen LogP contribution in [-0.4, -0.2) is 77.2 Å². The number of Topliss-reactive ketones (excluding diaryl/α,β-unsaturated/α-hetero) is 2. The Hall–Kier alpha value is -2.69. The number of nitrogens with two attached hydrogens (primary N) is 1. The highest BCUT2D eigenvalue weighted by Gasteiger charge is 2.39. The van der Waals surface area contributed by atoms with Gasteiger partial charge in [-0.05, 0) is 83.3 Å². The van der Waals surface area contributed by atoms with Crippen molar-refractivity contribution in [3.05, 3.63) is 17.2 Å². The summed E-state index contributed by atoms with van der Waals surface area (Å²) in [5.41, 5.74) is 7.49. The molecule has 1 saturated heterocycles. The first-order valence-corrected chi connectivity index (χ1v) is 14.3. The van der Waals surface area contributed by atoms with Gasteiger partial charge in [0.05, 0.1) is 24.3 Å². The maximum Gasteiger partial charge on any atom is 0.224 e. The van der Waals surface area contributed by atoms with Crippen molar-refractivity contribution in [3.8, 4) is 5.75 Å². The van der Waals surface area contributed by atoms with Gasteiger partial charge in [0.25, 0.3) is 0 Å². The van der Waals surface area contributed by atoms with Crippen molar-refractivity contribution in [2.45, 2.75) is 89.8 Å². The van der Waals surface area contributed by atoms with E-state index in [9.17, 15) is 29.7 Å². The standard InChI is InChI=1S/C30H48N4O6/c1-29(2)14-19(15-30(3,4)33-29)32-22-12-23(34(5)6)20-10-17(11-25(38)27(20)28(22)40)9-18(7-8-35)21(16-36)24(37)13-26(31)39/h12,17-19,21,32-33,35-36,40H,7-11,13-16H2,1-6H3,(H2,31,39). The van der Waals surface area contributed by atoms with Gasteiger partial charge in [0.1, 0.15) is 11.5 Å². The molecule has 10 heteroatoms. The number of phenolic OH excluding ortho intramolecular Hbond substituents is 1. The molecule has 0 aromatic heterocycles. The van der Waals surface area contributed by atoms with Crippen molar-refractivity contribution in [2.24, 2.45) is 23.5 Å². The molecule has 3 atom stereocenters. The van der Waals surface area contributed by atoms with Crippen molar-refractivity contribution < 1.29 is 29.7 Å². The second-order valence-electron chi connectivity index (χ2n) is 13.3. The summed E-state index contributed by atoms with van der Waals surface area (Å²) in [5.74, 6) is -2.84. The van der Waals surface area contributed by atoms with Crippen LogP contribution in [0.4, 0.5) is 11.4 Å². The summed E-state index contributed by atoms with van der Waals surface area (Å²) in [4.78, 5) is 39.4. The lowest BCUT2D eigenvalue weighted by atomic mass is 9.73. The fraction of sp³-hybridized carbons (Fsp3) is 0.700. The number of anilines is 2. The number of benzene rings is 1. The molecule has 3 unspecified atom stereocenters. The number of amides is 1. The summed E-state index contributed by atoms with van der Waals surface area (Å²) in [6.07, 6.45) is 2.58. The Balaban J connectivity index is 1.91. The highest BCUT2D eigenvalue weighted by Crippen LogP contribution is 2.45. The van der Waals surface area contributed by atoms with Crippen LogP contribution < -0.4 is 21.3 Å². The first kappa shape index (κ1) is 31.8. The van der Waals surface area contributed by atoms with E-state index < -0.39 is 36.6 Å². The van der Waals surface area contributed by atoms with Gasteiger partial charge < -0.3 is 36.6 Å². The summed E-state index contributed by atoms with van der Waals surface area (Å²) in [7, 11) is 3.81. The molecule has 0 radical (unpaired) electrons. The molecule has 1 heterocycles. The third kappa shape index (κ3) is 7.53. The van der Waals surface area contributed by atoms with Gasteiger partial charge in [0.15, 0.2) is 5.78 Å². The van der Waals surface area contributed by atoms with Crippen LogP contribution >= 0.6 is 0 Å². The first-order valence-electron chi connectivity index (χ1n) is 14.3. The molecule has 1 aliphatic carbocycles. The minimum atomic E-state index is -0.845. The lowest BCUT2D eigenvalue weighted by Gasteiger charge is -2.47. The minimum Gasteiger partial charge on any atom is -0.505 e. The predicted octanol–water partition coefficient (Wildman–Crippen LogP) is 2.37. The van der Waals surface area contributed by atoms with E-state index in [0.29, 0.717) is 24.1 Å². The van der Waals surface area contributed by atoms with E-state index in [1.807, 2.05) is 25.1 Å². The SMILES string of the molecule is CN(C)c1cc(NC2CC(C)(C)NC(C)(C)C2)c(O)c2c1CC(CC(CCO)C(CO)C(=O)CC(N)=O)CC2=O. The number of phenols is 1. The molecule has 1 aromatic rings. The van der Waals surface area contributed by atoms with E-state index in [1.54, 1.807) is 0 Å². The molecule has 2 aliphatic rings. The van der Waals surface area contributed by atoms with Crippen LogP contribution in [0.5, 0.6) is 5.75 Å². The topological polar surface area (TPSA) is 165 Å². The van der Waals surface area contributed by atoms with Crippen molar-refractivity contribution in [3.63, 3.8) is 0 Å². The molecule has 224 valence electrons. The second kappa shape index (κ2) is 12.4. The van der Waals surface area contributed by atoms with Gasteiger partial charge in [0, 0.05) is 55.8 Å². The van der Waals surface area contributed by atoms with Gasteiger partial charge in [-0.1, -0.05) is 0 Å². The Morgan fingerprint density at radius 1 is 1.15 bits per heavy atom. The fourth-order valence-corrected chi connectivity index (χ4v) is 7.14. The summed E-state index contributed by atoms with van der Waals surface area (Å²) in [6.45, 7) is 8.00. The summed E-state index contributed by atoms with van der Waals surface area (Å²) < 4.78 is 0. The number of aliphatic hydroxyl groups is 2. The van der Waals surface area contributed by atoms with Gasteiger partial charge in [-0.25, -0.2) is 0 Å². The molecule has 40 heavy (non-hydrogen) atoms. The number of aromatic hydroxyl groups is 1. The van der Waals surface area contributed by atoms with E-state index >= 15 is 0 Å². The Morgan fingerprint density at radius 2 is 1.77 bits per heavy atom. The van der Waals surface area contributed by atoms with Gasteiger partial charge >= 0.3 is 0 Å². The quantitative estimate of drug-likeness (QED) is 0.166. The number of ketones is 2. The van der Waals surface area contributed by atoms with Crippen molar-refractivity contribution in [1.82, 2.24) is 5.32 Å². The maximum atomic E-state index is 13.6. The second-order valence-corrected chi connectivity index (χ2v) is 13.3. The first-order chi connectivity index (χ1) is 18.6. The number of fused-ring (bicyclic) bond motifs is 1. The normalized spacial score (nSPS) is 21.8. The molecule has 0 spiro atoms. The summed E-state index contributed by atoms with van der Waals surface area (Å²) in [6, 6.07) is 2.01. The molecule has 7 N–H and O–H groups in total. The lowest BCUT2D eigenvalue weighted by Crippen LogP contribution is -2.60. The van der Waals surface area contributed by atoms with E-state index in [2.05, 4.69) is 38.3 Å². The summed E-state index contributed by atoms with van der Waals surface area (Å²) in [5, 5.41) is 38.2. The number of rotatable bonds is 12. The van der Waals surface area contributed by atoms with Gasteiger partial charge in [-0.2, -0.15) is 0 Å². The van der Waals surface area contributed by atoms with E-state index in [0.717, 1.165) is 24.1 Å².